The molecule has 0 aromatic carbocycles. The molecular weight excluding hydrogens is 302 g/mol. The molecule has 0 spiro atoms. The third kappa shape index (κ3) is 3.55. The lowest BCUT2D eigenvalue weighted by Gasteiger charge is -2.25. The van der Waals surface area contributed by atoms with Gasteiger partial charge in [-0.3, -0.25) is 0 Å². The highest BCUT2D eigenvalue weighted by molar-refractivity contribution is 7.07. The summed E-state index contributed by atoms with van der Waals surface area (Å²) >= 11 is 7.97. The molecule has 21 heavy (non-hydrogen) atoms. The van der Waals surface area contributed by atoms with Crippen molar-refractivity contribution in [3.63, 3.8) is 0 Å². The molecule has 0 radical (unpaired) electrons. The highest BCUT2D eigenvalue weighted by Gasteiger charge is 2.31. The molecule has 2 aromatic heterocycles. The zero-order chi connectivity index (χ0) is 15.0. The fraction of sp³-hybridized carbons (Fsp3) is 0.500. The largest absolute Gasteiger partial charge is 0.349 e. The van der Waals surface area contributed by atoms with Gasteiger partial charge < -0.3 is 4.90 Å². The molecule has 0 unspecified atom stereocenters. The van der Waals surface area contributed by atoms with E-state index < -0.39 is 0 Å². The van der Waals surface area contributed by atoms with Crippen molar-refractivity contribution in [3.05, 3.63) is 39.4 Å². The van der Waals surface area contributed by atoms with Crippen LogP contribution in [0.5, 0.6) is 0 Å². The topological polar surface area (TPSA) is 29.0 Å². The molecule has 1 fully saturated rings. The zero-order valence-electron chi connectivity index (χ0n) is 12.6. The summed E-state index contributed by atoms with van der Waals surface area (Å²) in [4.78, 5) is 11.5. The minimum atomic E-state index is -0.0999. The second-order valence-electron chi connectivity index (χ2n) is 6.61. The summed E-state index contributed by atoms with van der Waals surface area (Å²) in [5, 5.41) is 4.84. The van der Waals surface area contributed by atoms with E-state index in [4.69, 9.17) is 16.6 Å². The van der Waals surface area contributed by atoms with Crippen LogP contribution in [0.4, 0.5) is 5.82 Å². The van der Waals surface area contributed by atoms with E-state index in [1.54, 1.807) is 11.3 Å². The predicted molar refractivity (Wildman–Crippen MR) is 89.3 cm³/mol. The van der Waals surface area contributed by atoms with E-state index >= 15 is 0 Å². The molecule has 3 rings (SSSR count). The smallest absolute Gasteiger partial charge is 0.137 e. The van der Waals surface area contributed by atoms with E-state index in [2.05, 4.69) is 47.5 Å². The quantitative estimate of drug-likeness (QED) is 0.767. The van der Waals surface area contributed by atoms with Gasteiger partial charge in [-0.25, -0.2) is 9.97 Å². The molecule has 5 heteroatoms. The lowest BCUT2D eigenvalue weighted by atomic mass is 9.96. The van der Waals surface area contributed by atoms with E-state index in [0.717, 1.165) is 18.2 Å². The van der Waals surface area contributed by atoms with Crippen molar-refractivity contribution >= 4 is 28.8 Å². The minimum absolute atomic E-state index is 0.0999. The Labute approximate surface area is 135 Å². The fourth-order valence-corrected chi connectivity index (χ4v) is 3.09. The second kappa shape index (κ2) is 5.58. The Morgan fingerprint density at radius 1 is 1.33 bits per heavy atom. The Balaban J connectivity index is 1.94. The first-order valence-electron chi connectivity index (χ1n) is 7.26. The van der Waals surface area contributed by atoms with Gasteiger partial charge in [0.15, 0.2) is 0 Å². The van der Waals surface area contributed by atoms with Crippen LogP contribution in [0.1, 0.15) is 45.0 Å². The van der Waals surface area contributed by atoms with E-state index in [1.807, 2.05) is 6.07 Å². The fourth-order valence-electron chi connectivity index (χ4n) is 2.25. The molecule has 1 aliphatic carbocycles. The van der Waals surface area contributed by atoms with Crippen LogP contribution < -0.4 is 4.90 Å². The van der Waals surface area contributed by atoms with Crippen molar-refractivity contribution < 1.29 is 0 Å². The van der Waals surface area contributed by atoms with Crippen LogP contribution in [0.2, 0.25) is 5.15 Å². The van der Waals surface area contributed by atoms with E-state index in [9.17, 15) is 0 Å². The van der Waals surface area contributed by atoms with Gasteiger partial charge in [-0.15, -0.1) is 0 Å². The first-order chi connectivity index (χ1) is 9.93. The highest BCUT2D eigenvalue weighted by atomic mass is 35.5. The van der Waals surface area contributed by atoms with Crippen LogP contribution in [0.15, 0.2) is 22.9 Å². The first kappa shape index (κ1) is 14.8. The van der Waals surface area contributed by atoms with Gasteiger partial charge in [-0.1, -0.05) is 32.4 Å². The summed E-state index contributed by atoms with van der Waals surface area (Å²) in [7, 11) is 0. The van der Waals surface area contributed by atoms with Gasteiger partial charge in [-0.2, -0.15) is 11.3 Å². The molecule has 1 aliphatic rings. The molecular formula is C16H20ClN3S. The number of hydrogen-bond donors (Lipinski definition) is 0. The average molecular weight is 322 g/mol. The van der Waals surface area contributed by atoms with Crippen molar-refractivity contribution in [2.75, 3.05) is 4.90 Å². The molecule has 1 saturated carbocycles. The standard InChI is InChI=1S/C16H20ClN3S/c1-16(2,3)15-18-13(17)8-14(19-15)20(12-4-5-12)9-11-6-7-21-10-11/h6-8,10,12H,4-5,9H2,1-3H3. The van der Waals surface area contributed by atoms with E-state index in [-0.39, 0.29) is 5.41 Å². The van der Waals surface area contributed by atoms with Crippen molar-refractivity contribution in [2.45, 2.75) is 51.6 Å². The predicted octanol–water partition coefficient (Wildman–Crippen LogP) is 4.66. The molecule has 0 saturated heterocycles. The van der Waals surface area contributed by atoms with Gasteiger partial charge in [0.05, 0.1) is 0 Å². The maximum atomic E-state index is 6.23. The number of rotatable bonds is 4. The summed E-state index contributed by atoms with van der Waals surface area (Å²) in [5.41, 5.74) is 1.23. The third-order valence-corrected chi connectivity index (χ3v) is 4.49. The summed E-state index contributed by atoms with van der Waals surface area (Å²) in [5.74, 6) is 1.76. The van der Waals surface area contributed by atoms with Crippen molar-refractivity contribution in [2.24, 2.45) is 0 Å². The minimum Gasteiger partial charge on any atom is -0.349 e. The van der Waals surface area contributed by atoms with Crippen molar-refractivity contribution in [1.82, 2.24) is 9.97 Å². The van der Waals surface area contributed by atoms with Gasteiger partial charge in [0.2, 0.25) is 0 Å². The Bertz CT molecular complexity index is 615. The van der Waals surface area contributed by atoms with E-state index in [1.165, 1.54) is 18.4 Å². The van der Waals surface area contributed by atoms with Crippen molar-refractivity contribution in [3.8, 4) is 0 Å². The molecule has 0 atom stereocenters. The average Bonchev–Trinajstić information content (AvgIpc) is 3.11. The monoisotopic (exact) mass is 321 g/mol. The Kier molecular flexibility index (Phi) is 3.93. The van der Waals surface area contributed by atoms with Crippen LogP contribution in [0.25, 0.3) is 0 Å². The normalized spacial score (nSPS) is 15.2. The molecule has 0 amide bonds. The second-order valence-corrected chi connectivity index (χ2v) is 7.78. The molecule has 0 aliphatic heterocycles. The number of nitrogens with zero attached hydrogens (tertiary/aromatic N) is 3. The molecule has 0 N–H and O–H groups in total. The lowest BCUT2D eigenvalue weighted by molar-refractivity contribution is 0.543. The molecule has 2 heterocycles. The summed E-state index contributed by atoms with van der Waals surface area (Å²) in [6.45, 7) is 7.24. The summed E-state index contributed by atoms with van der Waals surface area (Å²) in [6, 6.07) is 4.65. The van der Waals surface area contributed by atoms with Crippen molar-refractivity contribution in [1.29, 1.82) is 0 Å². The number of hydrogen-bond acceptors (Lipinski definition) is 4. The number of halogens is 1. The summed E-state index contributed by atoms with van der Waals surface area (Å²) in [6.07, 6.45) is 2.47. The van der Waals surface area contributed by atoms with Crippen LogP contribution in [0, 0.1) is 0 Å². The Hall–Kier alpha value is -1.13. The van der Waals surface area contributed by atoms with Gasteiger partial charge in [0.25, 0.3) is 0 Å². The van der Waals surface area contributed by atoms with Crippen LogP contribution in [-0.4, -0.2) is 16.0 Å². The van der Waals surface area contributed by atoms with Crippen LogP contribution >= 0.6 is 22.9 Å². The van der Waals surface area contributed by atoms with Gasteiger partial charge in [0, 0.05) is 24.1 Å². The van der Waals surface area contributed by atoms with Crippen LogP contribution in [-0.2, 0) is 12.0 Å². The zero-order valence-corrected chi connectivity index (χ0v) is 14.2. The maximum Gasteiger partial charge on any atom is 0.137 e. The van der Waals surface area contributed by atoms with E-state index in [0.29, 0.717) is 11.2 Å². The van der Waals surface area contributed by atoms with Gasteiger partial charge in [-0.05, 0) is 35.2 Å². The summed E-state index contributed by atoms with van der Waals surface area (Å²) < 4.78 is 0. The lowest BCUT2D eigenvalue weighted by Crippen LogP contribution is -2.27. The molecule has 2 aromatic rings. The Morgan fingerprint density at radius 3 is 2.67 bits per heavy atom. The number of anilines is 1. The van der Waals surface area contributed by atoms with Gasteiger partial charge in [0.1, 0.15) is 16.8 Å². The molecule has 0 bridgehead atoms. The number of thiophene rings is 1. The third-order valence-electron chi connectivity index (χ3n) is 3.57. The van der Waals surface area contributed by atoms with Gasteiger partial charge >= 0.3 is 0 Å². The first-order valence-corrected chi connectivity index (χ1v) is 8.58. The molecule has 112 valence electrons. The molecule has 3 nitrogen and oxygen atoms in total. The number of aromatic nitrogens is 2. The SMILES string of the molecule is CC(C)(C)c1nc(Cl)cc(N(Cc2ccsc2)C2CC2)n1. The Morgan fingerprint density at radius 2 is 2.10 bits per heavy atom. The van der Waals surface area contributed by atoms with Crippen LogP contribution in [0.3, 0.4) is 0 Å². The maximum absolute atomic E-state index is 6.23. The highest BCUT2D eigenvalue weighted by Crippen LogP contribution is 2.34.